The van der Waals surface area contributed by atoms with Gasteiger partial charge in [0.25, 0.3) is 0 Å². The Morgan fingerprint density at radius 1 is 1.32 bits per heavy atom. The average Bonchev–Trinajstić information content (AvgIpc) is 2.67. The predicted octanol–water partition coefficient (Wildman–Crippen LogP) is 1.61. The van der Waals surface area contributed by atoms with Crippen molar-refractivity contribution in [3.63, 3.8) is 0 Å². The second kappa shape index (κ2) is 7.61. The van der Waals surface area contributed by atoms with Crippen LogP contribution in [-0.4, -0.2) is 48.1 Å². The number of benzene rings is 1. The summed E-state index contributed by atoms with van der Waals surface area (Å²) >= 11 is 5.97. The van der Waals surface area contributed by atoms with E-state index in [4.69, 9.17) is 22.1 Å². The van der Waals surface area contributed by atoms with Crippen LogP contribution in [0.25, 0.3) is 0 Å². The van der Waals surface area contributed by atoms with Crippen LogP contribution in [0.4, 0.5) is 23.3 Å². The van der Waals surface area contributed by atoms with Crippen molar-refractivity contribution in [2.45, 2.75) is 12.3 Å². The van der Waals surface area contributed by atoms with Gasteiger partial charge in [0, 0.05) is 30.2 Å². The molecule has 2 aliphatic heterocycles. The number of nitrogens with two attached hydrogens (primary N) is 1. The number of nitrogens with zero attached hydrogens (tertiary/aromatic N) is 3. The molecule has 0 aliphatic carbocycles. The van der Waals surface area contributed by atoms with Gasteiger partial charge in [-0.2, -0.15) is 9.97 Å². The molecule has 0 spiro atoms. The van der Waals surface area contributed by atoms with Gasteiger partial charge in [0.2, 0.25) is 17.8 Å². The van der Waals surface area contributed by atoms with Crippen LogP contribution in [0.1, 0.15) is 17.9 Å². The highest BCUT2D eigenvalue weighted by molar-refractivity contribution is 6.30. The molecule has 1 aromatic heterocycles. The molecule has 1 aromatic carbocycles. The predicted molar refractivity (Wildman–Crippen MR) is 106 cm³/mol. The standard InChI is InChI=1S/C18H19ClN6O3/c19-10-2-1-3-11(8-10)21-17(27)12-9-13(26)22-16-14(12)15(20)23-18(24-16)25-4-6-28-7-5-25/h1-3,8,12H,4-7,9H2,(H,21,27)(H3,20,22,23,24,26)/t12-/m0/s1. The van der Waals surface area contributed by atoms with Gasteiger partial charge < -0.3 is 26.0 Å². The first-order chi connectivity index (χ1) is 13.5. The first-order valence-electron chi connectivity index (χ1n) is 8.87. The van der Waals surface area contributed by atoms with Crippen molar-refractivity contribution in [3.05, 3.63) is 34.9 Å². The molecule has 146 valence electrons. The van der Waals surface area contributed by atoms with Gasteiger partial charge in [0.15, 0.2) is 0 Å². The van der Waals surface area contributed by atoms with Gasteiger partial charge in [0.1, 0.15) is 11.6 Å². The number of hydrogen-bond acceptors (Lipinski definition) is 7. The lowest BCUT2D eigenvalue weighted by atomic mass is 9.92. The van der Waals surface area contributed by atoms with Gasteiger partial charge in [-0.15, -0.1) is 0 Å². The van der Waals surface area contributed by atoms with E-state index in [-0.39, 0.29) is 29.9 Å². The molecule has 3 heterocycles. The fourth-order valence-electron chi connectivity index (χ4n) is 3.31. The van der Waals surface area contributed by atoms with Crippen LogP contribution in [0.15, 0.2) is 24.3 Å². The third kappa shape index (κ3) is 3.71. The Hall–Kier alpha value is -2.91. The van der Waals surface area contributed by atoms with Crippen molar-refractivity contribution in [1.82, 2.24) is 9.97 Å². The van der Waals surface area contributed by atoms with E-state index in [0.29, 0.717) is 48.5 Å². The van der Waals surface area contributed by atoms with Crippen LogP contribution < -0.4 is 21.3 Å². The minimum Gasteiger partial charge on any atom is -0.383 e. The lowest BCUT2D eigenvalue weighted by Crippen LogP contribution is -2.38. The molecule has 2 aliphatic rings. The maximum atomic E-state index is 12.9. The number of hydrogen-bond donors (Lipinski definition) is 3. The van der Waals surface area contributed by atoms with Gasteiger partial charge in [-0.1, -0.05) is 17.7 Å². The van der Waals surface area contributed by atoms with Gasteiger partial charge in [-0.05, 0) is 18.2 Å². The monoisotopic (exact) mass is 402 g/mol. The zero-order valence-electron chi connectivity index (χ0n) is 14.9. The Balaban J connectivity index is 1.64. The average molecular weight is 403 g/mol. The van der Waals surface area contributed by atoms with E-state index in [0.717, 1.165) is 0 Å². The highest BCUT2D eigenvalue weighted by atomic mass is 35.5. The third-order valence-corrected chi connectivity index (χ3v) is 4.90. The van der Waals surface area contributed by atoms with Crippen molar-refractivity contribution in [2.75, 3.05) is 47.6 Å². The molecule has 0 saturated carbocycles. The van der Waals surface area contributed by atoms with E-state index < -0.39 is 5.92 Å². The number of rotatable bonds is 3. The van der Waals surface area contributed by atoms with Crippen LogP contribution in [0.2, 0.25) is 5.02 Å². The number of nitrogens with one attached hydrogen (secondary N) is 2. The molecule has 0 radical (unpaired) electrons. The van der Waals surface area contributed by atoms with Crippen LogP contribution in [0.3, 0.4) is 0 Å². The Morgan fingerprint density at radius 3 is 2.86 bits per heavy atom. The molecular formula is C18H19ClN6O3. The zero-order chi connectivity index (χ0) is 19.7. The molecule has 4 rings (SSSR count). The molecule has 1 atom stereocenters. The quantitative estimate of drug-likeness (QED) is 0.712. The number of halogens is 1. The molecule has 9 nitrogen and oxygen atoms in total. The molecule has 0 unspecified atom stereocenters. The number of morpholine rings is 1. The number of nitrogen functional groups attached to an aromatic ring is 1. The minimum absolute atomic E-state index is 0.0378. The summed E-state index contributed by atoms with van der Waals surface area (Å²) in [6.45, 7) is 2.39. The maximum Gasteiger partial charge on any atom is 0.232 e. The third-order valence-electron chi connectivity index (χ3n) is 4.66. The van der Waals surface area contributed by atoms with Crippen molar-refractivity contribution in [3.8, 4) is 0 Å². The number of ether oxygens (including phenoxy) is 1. The fraction of sp³-hybridized carbons (Fsp3) is 0.333. The van der Waals surface area contributed by atoms with Crippen molar-refractivity contribution in [2.24, 2.45) is 0 Å². The lowest BCUT2D eigenvalue weighted by Gasteiger charge is -2.30. The van der Waals surface area contributed by atoms with Crippen LogP contribution in [-0.2, 0) is 14.3 Å². The first kappa shape index (κ1) is 18.5. The molecule has 1 saturated heterocycles. The summed E-state index contributed by atoms with van der Waals surface area (Å²) in [5.41, 5.74) is 7.14. The number of anilines is 4. The molecule has 2 aromatic rings. The van der Waals surface area contributed by atoms with Crippen LogP contribution >= 0.6 is 11.6 Å². The first-order valence-corrected chi connectivity index (χ1v) is 9.25. The number of fused-ring (bicyclic) bond motifs is 1. The van der Waals surface area contributed by atoms with E-state index in [2.05, 4.69) is 20.6 Å². The molecular weight excluding hydrogens is 384 g/mol. The van der Waals surface area contributed by atoms with Crippen LogP contribution in [0.5, 0.6) is 0 Å². The topological polar surface area (TPSA) is 122 Å². The van der Waals surface area contributed by atoms with Crippen molar-refractivity contribution >= 4 is 46.7 Å². The second-order valence-corrected chi connectivity index (χ2v) is 7.01. The molecule has 1 fully saturated rings. The molecule has 0 bridgehead atoms. The highest BCUT2D eigenvalue weighted by Crippen LogP contribution is 2.36. The van der Waals surface area contributed by atoms with E-state index in [1.165, 1.54) is 0 Å². The number of amides is 2. The Morgan fingerprint density at radius 2 is 2.11 bits per heavy atom. The van der Waals surface area contributed by atoms with Crippen LogP contribution in [0, 0.1) is 0 Å². The molecule has 4 N–H and O–H groups in total. The SMILES string of the molecule is Nc1nc(N2CCOCC2)nc2c1[C@@H](C(=O)Nc1cccc(Cl)c1)CC(=O)N2. The smallest absolute Gasteiger partial charge is 0.232 e. The van der Waals surface area contributed by atoms with Gasteiger partial charge in [-0.25, -0.2) is 0 Å². The fourth-order valence-corrected chi connectivity index (χ4v) is 3.50. The summed E-state index contributed by atoms with van der Waals surface area (Å²) in [5.74, 6) is -0.594. The van der Waals surface area contributed by atoms with Gasteiger partial charge >= 0.3 is 0 Å². The zero-order valence-corrected chi connectivity index (χ0v) is 15.7. The minimum atomic E-state index is -0.790. The lowest BCUT2D eigenvalue weighted by molar-refractivity contribution is -0.123. The maximum absolute atomic E-state index is 12.9. The summed E-state index contributed by atoms with van der Waals surface area (Å²) in [4.78, 5) is 35.8. The van der Waals surface area contributed by atoms with Gasteiger partial charge in [0.05, 0.1) is 24.7 Å². The van der Waals surface area contributed by atoms with E-state index >= 15 is 0 Å². The van der Waals surface area contributed by atoms with Crippen molar-refractivity contribution < 1.29 is 14.3 Å². The van der Waals surface area contributed by atoms with E-state index in [1.54, 1.807) is 24.3 Å². The summed E-state index contributed by atoms with van der Waals surface area (Å²) < 4.78 is 5.33. The molecule has 28 heavy (non-hydrogen) atoms. The van der Waals surface area contributed by atoms with E-state index in [9.17, 15) is 9.59 Å². The van der Waals surface area contributed by atoms with Crippen molar-refractivity contribution in [1.29, 1.82) is 0 Å². The molecule has 2 amide bonds. The van der Waals surface area contributed by atoms with E-state index in [1.807, 2.05) is 4.90 Å². The summed E-state index contributed by atoms with van der Waals surface area (Å²) in [6.07, 6.45) is -0.0378. The second-order valence-electron chi connectivity index (χ2n) is 6.58. The number of carbonyl (C=O) groups is 2. The summed E-state index contributed by atoms with van der Waals surface area (Å²) in [6, 6.07) is 6.78. The molecule has 10 heteroatoms. The number of carbonyl (C=O) groups excluding carboxylic acids is 2. The largest absolute Gasteiger partial charge is 0.383 e. The highest BCUT2D eigenvalue weighted by Gasteiger charge is 2.35. The Labute approximate surface area is 166 Å². The normalized spacial score (nSPS) is 19.0. The Bertz CT molecular complexity index is 932. The number of aromatic nitrogens is 2. The Kier molecular flexibility index (Phi) is 5.01. The summed E-state index contributed by atoms with van der Waals surface area (Å²) in [5, 5.41) is 5.98. The summed E-state index contributed by atoms with van der Waals surface area (Å²) in [7, 11) is 0. The van der Waals surface area contributed by atoms with Gasteiger partial charge in [-0.3, -0.25) is 9.59 Å².